The van der Waals surface area contributed by atoms with Gasteiger partial charge in [0.1, 0.15) is 0 Å². The molecule has 4 nitrogen and oxygen atoms in total. The van der Waals surface area contributed by atoms with Crippen LogP contribution in [0.25, 0.3) is 0 Å². The predicted molar refractivity (Wildman–Crippen MR) is 47.6 cm³/mol. The molecule has 1 heterocycles. The van der Waals surface area contributed by atoms with Crippen LogP contribution in [0.5, 0.6) is 11.6 Å². The second-order valence-electron chi connectivity index (χ2n) is 2.84. The van der Waals surface area contributed by atoms with Gasteiger partial charge in [-0.05, 0) is 13.0 Å². The molecule has 0 saturated heterocycles. The smallest absolute Gasteiger partial charge is 0.478 e. The summed E-state index contributed by atoms with van der Waals surface area (Å²) in [6, 6.07) is 0.932. The minimum absolute atomic E-state index is 0.0139. The molecule has 88 valence electrons. The summed E-state index contributed by atoms with van der Waals surface area (Å²) in [5, 5.41) is 0. The molecule has 0 unspecified atom stereocenters. The molecule has 0 fully saturated rings. The van der Waals surface area contributed by atoms with Crippen LogP contribution in [0.1, 0.15) is 16.1 Å². The van der Waals surface area contributed by atoms with Crippen molar-refractivity contribution in [3.05, 3.63) is 17.3 Å². The van der Waals surface area contributed by atoms with E-state index < -0.39 is 12.1 Å². The lowest BCUT2D eigenvalue weighted by Crippen LogP contribution is -2.18. The number of halogens is 3. The molecule has 0 atom stereocenters. The summed E-state index contributed by atoms with van der Waals surface area (Å²) >= 11 is 0. The van der Waals surface area contributed by atoms with Crippen LogP contribution in [0.3, 0.4) is 0 Å². The lowest BCUT2D eigenvalue weighted by atomic mass is 10.2. The van der Waals surface area contributed by atoms with Crippen LogP contribution >= 0.6 is 0 Å². The van der Waals surface area contributed by atoms with Crippen LogP contribution in [0.4, 0.5) is 13.2 Å². The van der Waals surface area contributed by atoms with E-state index >= 15 is 0 Å². The summed E-state index contributed by atoms with van der Waals surface area (Å²) in [5.41, 5.74) is 0.279. The summed E-state index contributed by atoms with van der Waals surface area (Å²) in [4.78, 5) is 14.2. The van der Waals surface area contributed by atoms with E-state index in [4.69, 9.17) is 0 Å². The van der Waals surface area contributed by atoms with Crippen LogP contribution in [0, 0.1) is 6.92 Å². The van der Waals surface area contributed by atoms with Crippen LogP contribution in [0.15, 0.2) is 6.07 Å². The average molecular weight is 235 g/mol. The Balaban J connectivity index is 3.20. The standard InChI is InChI=1S/C9H8F3NO3/c1-5-6(4-14)3-7(8(13-5)15-2)16-9(10,11)12/h3-4H,1-2H3. The average Bonchev–Trinajstić information content (AvgIpc) is 2.18. The molecule has 7 heteroatoms. The highest BCUT2D eigenvalue weighted by Gasteiger charge is 2.33. The summed E-state index contributed by atoms with van der Waals surface area (Å²) in [5.74, 6) is -0.955. The molecule has 0 aliphatic heterocycles. The van der Waals surface area contributed by atoms with Crippen molar-refractivity contribution in [2.75, 3.05) is 7.11 Å². The third-order valence-electron chi connectivity index (χ3n) is 1.73. The quantitative estimate of drug-likeness (QED) is 0.753. The van der Waals surface area contributed by atoms with Crippen LogP contribution in [-0.4, -0.2) is 24.7 Å². The van der Waals surface area contributed by atoms with E-state index in [2.05, 4.69) is 14.5 Å². The number of alkyl halides is 3. The van der Waals surface area contributed by atoms with Crippen LogP contribution in [-0.2, 0) is 0 Å². The number of pyridine rings is 1. The maximum absolute atomic E-state index is 12.0. The van der Waals surface area contributed by atoms with Crippen molar-refractivity contribution in [1.82, 2.24) is 4.98 Å². The van der Waals surface area contributed by atoms with Gasteiger partial charge in [0, 0.05) is 5.56 Å². The van der Waals surface area contributed by atoms with Gasteiger partial charge in [-0.1, -0.05) is 0 Å². The van der Waals surface area contributed by atoms with Gasteiger partial charge in [-0.3, -0.25) is 4.79 Å². The minimum atomic E-state index is -4.86. The molecule has 0 bridgehead atoms. The van der Waals surface area contributed by atoms with Crippen molar-refractivity contribution in [2.24, 2.45) is 0 Å². The fourth-order valence-electron chi connectivity index (χ4n) is 1.04. The van der Waals surface area contributed by atoms with Gasteiger partial charge in [-0.15, -0.1) is 13.2 Å². The van der Waals surface area contributed by atoms with Crippen molar-refractivity contribution in [3.8, 4) is 11.6 Å². The first kappa shape index (κ1) is 12.3. The highest BCUT2D eigenvalue weighted by molar-refractivity contribution is 5.77. The zero-order valence-corrected chi connectivity index (χ0v) is 8.46. The number of ether oxygens (including phenoxy) is 2. The van der Waals surface area contributed by atoms with Crippen molar-refractivity contribution in [2.45, 2.75) is 13.3 Å². The van der Waals surface area contributed by atoms with Crippen LogP contribution in [0.2, 0.25) is 0 Å². The molecule has 1 aromatic rings. The molecule has 0 aromatic carbocycles. The predicted octanol–water partition coefficient (Wildman–Crippen LogP) is 2.11. The second-order valence-corrected chi connectivity index (χ2v) is 2.84. The number of aryl methyl sites for hydroxylation is 1. The second kappa shape index (κ2) is 4.38. The Labute approximate surface area is 89.0 Å². The Morgan fingerprint density at radius 2 is 2.06 bits per heavy atom. The van der Waals surface area contributed by atoms with Gasteiger partial charge >= 0.3 is 6.36 Å². The van der Waals surface area contributed by atoms with E-state index in [1.165, 1.54) is 6.92 Å². The fourth-order valence-corrected chi connectivity index (χ4v) is 1.04. The third-order valence-corrected chi connectivity index (χ3v) is 1.73. The number of rotatable bonds is 3. The van der Waals surface area contributed by atoms with Gasteiger partial charge in [0.15, 0.2) is 12.0 Å². The number of methoxy groups -OCH3 is 1. The zero-order valence-electron chi connectivity index (χ0n) is 8.46. The third kappa shape index (κ3) is 2.85. The molecule has 0 spiro atoms. The van der Waals surface area contributed by atoms with E-state index in [1.54, 1.807) is 0 Å². The molecule has 0 N–H and O–H groups in total. The number of hydrogen-bond acceptors (Lipinski definition) is 4. The van der Waals surface area contributed by atoms with E-state index in [-0.39, 0.29) is 17.1 Å². The Hall–Kier alpha value is -1.79. The summed E-state index contributed by atoms with van der Waals surface area (Å²) < 4.78 is 44.3. The van der Waals surface area contributed by atoms with Gasteiger partial charge in [-0.2, -0.15) is 0 Å². The van der Waals surface area contributed by atoms with Crippen molar-refractivity contribution in [1.29, 1.82) is 0 Å². The molecule has 0 radical (unpaired) electrons. The molecule has 0 aliphatic rings. The number of hydrogen-bond donors (Lipinski definition) is 0. The molecule has 0 aliphatic carbocycles. The SMILES string of the molecule is COc1nc(C)c(C=O)cc1OC(F)(F)F. The van der Waals surface area contributed by atoms with Gasteiger partial charge in [0.2, 0.25) is 0 Å². The molecule has 16 heavy (non-hydrogen) atoms. The Morgan fingerprint density at radius 1 is 1.44 bits per heavy atom. The first-order valence-electron chi connectivity index (χ1n) is 4.14. The van der Waals surface area contributed by atoms with E-state index in [1.807, 2.05) is 0 Å². The van der Waals surface area contributed by atoms with E-state index in [0.717, 1.165) is 13.2 Å². The topological polar surface area (TPSA) is 48.4 Å². The van der Waals surface area contributed by atoms with E-state index in [0.29, 0.717) is 6.29 Å². The minimum Gasteiger partial charge on any atom is -0.478 e. The molecular weight excluding hydrogens is 227 g/mol. The van der Waals surface area contributed by atoms with Crippen LogP contribution < -0.4 is 9.47 Å². The van der Waals surface area contributed by atoms with Gasteiger partial charge in [0.25, 0.3) is 5.88 Å². The summed E-state index contributed by atoms with van der Waals surface area (Å²) in [6.07, 6.45) is -4.46. The Morgan fingerprint density at radius 3 is 2.50 bits per heavy atom. The van der Waals surface area contributed by atoms with Gasteiger partial charge in [0.05, 0.1) is 12.8 Å². The number of aldehydes is 1. The fraction of sp³-hybridized carbons (Fsp3) is 0.333. The Kier molecular flexibility index (Phi) is 3.36. The van der Waals surface area contributed by atoms with Gasteiger partial charge < -0.3 is 9.47 Å². The zero-order chi connectivity index (χ0) is 12.3. The lowest BCUT2D eigenvalue weighted by molar-refractivity contribution is -0.275. The van der Waals surface area contributed by atoms with Crippen molar-refractivity contribution >= 4 is 6.29 Å². The lowest BCUT2D eigenvalue weighted by Gasteiger charge is -2.12. The maximum atomic E-state index is 12.0. The first-order chi connectivity index (χ1) is 7.37. The highest BCUT2D eigenvalue weighted by atomic mass is 19.4. The summed E-state index contributed by atoms with van der Waals surface area (Å²) in [6.45, 7) is 1.48. The molecule has 0 amide bonds. The van der Waals surface area contributed by atoms with Crippen molar-refractivity contribution in [3.63, 3.8) is 0 Å². The van der Waals surface area contributed by atoms with Crippen molar-refractivity contribution < 1.29 is 27.4 Å². The number of carbonyl (C=O) groups is 1. The molecule has 1 aromatic heterocycles. The largest absolute Gasteiger partial charge is 0.573 e. The normalized spacial score (nSPS) is 11.1. The van der Waals surface area contributed by atoms with E-state index in [9.17, 15) is 18.0 Å². The first-order valence-corrected chi connectivity index (χ1v) is 4.14. The van der Waals surface area contributed by atoms with Gasteiger partial charge in [-0.25, -0.2) is 4.98 Å². The Bertz CT molecular complexity index is 404. The number of aromatic nitrogens is 1. The highest BCUT2D eigenvalue weighted by Crippen LogP contribution is 2.31. The summed E-state index contributed by atoms with van der Waals surface area (Å²) in [7, 11) is 1.16. The monoisotopic (exact) mass is 235 g/mol. The molecule has 1 rings (SSSR count). The molecule has 0 saturated carbocycles. The number of nitrogens with zero attached hydrogens (tertiary/aromatic N) is 1. The maximum Gasteiger partial charge on any atom is 0.573 e. The number of carbonyl (C=O) groups excluding carboxylic acids is 1. The molecular formula is C9H8F3NO3.